The number of benzene rings is 1. The number of carboxylic acid groups (broad SMARTS) is 1. The van der Waals surface area contributed by atoms with Crippen LogP contribution in [0.5, 0.6) is 0 Å². The van der Waals surface area contributed by atoms with Crippen molar-refractivity contribution in [2.24, 2.45) is 0 Å². The second-order valence-electron chi connectivity index (χ2n) is 4.99. The Morgan fingerprint density at radius 3 is 2.68 bits per heavy atom. The first-order valence-electron chi connectivity index (χ1n) is 7.21. The summed E-state index contributed by atoms with van der Waals surface area (Å²) < 4.78 is 8.49. The van der Waals surface area contributed by atoms with Gasteiger partial charge < -0.3 is 9.99 Å². The molecule has 0 radical (unpaired) electrons. The number of aliphatic carboxylic acids is 1. The molecule has 1 saturated heterocycles. The molecule has 0 bridgehead atoms. The number of rotatable bonds is 8. The number of thiol groups is 1. The summed E-state index contributed by atoms with van der Waals surface area (Å²) in [6.45, 7) is 0. The van der Waals surface area contributed by atoms with Crippen molar-refractivity contribution in [1.82, 2.24) is 4.72 Å². The fourth-order valence-corrected chi connectivity index (χ4v) is 3.37. The van der Waals surface area contributed by atoms with Gasteiger partial charge in [-0.25, -0.2) is 0 Å². The summed E-state index contributed by atoms with van der Waals surface area (Å²) in [5.74, 6) is 0.773. The number of hydrogen-bond acceptors (Lipinski definition) is 4. The highest BCUT2D eigenvalue weighted by atomic mass is 35.5. The zero-order chi connectivity index (χ0) is 15.8. The van der Waals surface area contributed by atoms with Gasteiger partial charge in [-0.15, -0.1) is 4.33 Å². The molecule has 0 aliphatic carbocycles. The van der Waals surface area contributed by atoms with E-state index in [1.807, 2.05) is 30.3 Å². The molecule has 7 heteroatoms. The Balaban J connectivity index is 1.65. The summed E-state index contributed by atoms with van der Waals surface area (Å²) >= 11 is 5.04. The number of carbonyl (C=O) groups is 1. The highest BCUT2D eigenvalue weighted by Gasteiger charge is 2.17. The first kappa shape index (κ1) is 17.0. The van der Waals surface area contributed by atoms with Gasteiger partial charge in [-0.05, 0) is 41.9 Å². The van der Waals surface area contributed by atoms with Crippen molar-refractivity contribution in [1.29, 1.82) is 0 Å². The lowest BCUT2D eigenvalue weighted by Gasteiger charge is -2.09. The molecular weight excluding hydrogens is 326 g/mol. The van der Waals surface area contributed by atoms with E-state index in [9.17, 15) is 4.79 Å². The van der Waals surface area contributed by atoms with Crippen molar-refractivity contribution in [3.63, 3.8) is 0 Å². The molecule has 5 nitrogen and oxygen atoms in total. The smallest absolute Gasteiger partial charge is 0.303 e. The van der Waals surface area contributed by atoms with Gasteiger partial charge in [-0.1, -0.05) is 36.6 Å². The molecule has 1 unspecified atom stereocenters. The number of nitrogens with one attached hydrogen (secondary N) is 1. The minimum atomic E-state index is -0.803. The van der Waals surface area contributed by atoms with Crippen molar-refractivity contribution in [3.05, 3.63) is 40.7 Å². The van der Waals surface area contributed by atoms with Gasteiger partial charge in [0, 0.05) is 23.3 Å². The molecule has 122 valence electrons. The van der Waals surface area contributed by atoms with E-state index in [2.05, 4.69) is 4.72 Å². The standard InChI is InChI=1S/C15H20ClNO4S/c16-13-8-6-12(7-9-13)11-14-17-22(21-20-14)10-4-2-1-3-5-15(18)19/h6-9,11,17,22H,1-5,10H2,(H,18,19)/b14-11-. The molecule has 0 amide bonds. The van der Waals surface area contributed by atoms with Crippen molar-refractivity contribution in [2.45, 2.75) is 32.1 Å². The normalized spacial score (nSPS) is 20.6. The van der Waals surface area contributed by atoms with E-state index in [0.717, 1.165) is 37.0 Å². The fraction of sp³-hybridized carbons (Fsp3) is 0.400. The lowest BCUT2D eigenvalue weighted by atomic mass is 10.2. The molecule has 1 fully saturated rings. The summed E-state index contributed by atoms with van der Waals surface area (Å²) in [4.78, 5) is 15.6. The van der Waals surface area contributed by atoms with Gasteiger partial charge in [0.05, 0.1) is 0 Å². The minimum absolute atomic E-state index is 0.251. The van der Waals surface area contributed by atoms with Crippen LogP contribution in [0.3, 0.4) is 0 Å². The quantitative estimate of drug-likeness (QED) is 0.376. The summed E-state index contributed by atoms with van der Waals surface area (Å²) in [6, 6.07) is 7.46. The largest absolute Gasteiger partial charge is 0.481 e. The third-order valence-electron chi connectivity index (χ3n) is 3.12. The minimum Gasteiger partial charge on any atom is -0.481 e. The molecule has 1 aromatic rings. The molecule has 1 heterocycles. The van der Waals surface area contributed by atoms with E-state index in [-0.39, 0.29) is 6.42 Å². The van der Waals surface area contributed by atoms with Crippen LogP contribution in [0.4, 0.5) is 0 Å². The highest BCUT2D eigenvalue weighted by Crippen LogP contribution is 2.33. The molecule has 1 atom stereocenters. The second-order valence-corrected chi connectivity index (χ2v) is 7.00. The Bertz CT molecular complexity index is 521. The summed E-state index contributed by atoms with van der Waals surface area (Å²) in [7, 11) is 0. The average Bonchev–Trinajstić information content (AvgIpc) is 2.92. The molecular formula is C15H20ClNO4S. The molecule has 2 rings (SSSR count). The van der Waals surface area contributed by atoms with E-state index in [1.54, 1.807) is 0 Å². The summed E-state index contributed by atoms with van der Waals surface area (Å²) in [5.41, 5.74) is 0.987. The van der Waals surface area contributed by atoms with Gasteiger partial charge in [0.15, 0.2) is 0 Å². The monoisotopic (exact) mass is 345 g/mol. The molecule has 22 heavy (non-hydrogen) atoms. The summed E-state index contributed by atoms with van der Waals surface area (Å²) in [5, 5.41) is 9.25. The van der Waals surface area contributed by atoms with Crippen LogP contribution in [0, 0.1) is 0 Å². The first-order valence-corrected chi connectivity index (χ1v) is 9.03. The van der Waals surface area contributed by atoms with Crippen molar-refractivity contribution in [2.75, 3.05) is 5.75 Å². The third-order valence-corrected chi connectivity index (χ3v) is 4.82. The third kappa shape index (κ3) is 6.17. The van der Waals surface area contributed by atoms with E-state index >= 15 is 0 Å². The Morgan fingerprint density at radius 2 is 1.95 bits per heavy atom. The topological polar surface area (TPSA) is 67.8 Å². The lowest BCUT2D eigenvalue weighted by molar-refractivity contribution is -0.137. The van der Waals surface area contributed by atoms with Crippen LogP contribution in [0.15, 0.2) is 30.1 Å². The van der Waals surface area contributed by atoms with Crippen molar-refractivity contribution >= 4 is 35.0 Å². The van der Waals surface area contributed by atoms with E-state index in [4.69, 9.17) is 25.9 Å². The lowest BCUT2D eigenvalue weighted by Crippen LogP contribution is -2.03. The van der Waals surface area contributed by atoms with Gasteiger partial charge in [-0.3, -0.25) is 9.52 Å². The Kier molecular flexibility index (Phi) is 6.89. The molecule has 1 aromatic carbocycles. The molecule has 0 spiro atoms. The van der Waals surface area contributed by atoms with Crippen LogP contribution in [0.25, 0.3) is 6.08 Å². The van der Waals surface area contributed by atoms with Crippen molar-refractivity contribution in [3.8, 4) is 0 Å². The highest BCUT2D eigenvalue weighted by molar-refractivity contribution is 8.11. The van der Waals surface area contributed by atoms with Crippen LogP contribution < -0.4 is 4.72 Å². The number of unbranched alkanes of at least 4 members (excludes halogenated alkanes) is 3. The van der Waals surface area contributed by atoms with Gasteiger partial charge >= 0.3 is 5.97 Å². The number of hydrogen-bond donors (Lipinski definition) is 3. The van der Waals surface area contributed by atoms with E-state index in [1.165, 1.54) is 0 Å². The molecule has 1 aliphatic heterocycles. The Hall–Kier alpha value is -1.37. The zero-order valence-electron chi connectivity index (χ0n) is 12.1. The van der Waals surface area contributed by atoms with Gasteiger partial charge in [-0.2, -0.15) is 0 Å². The summed E-state index contributed by atoms with van der Waals surface area (Å²) in [6.07, 6.45) is 5.79. The van der Waals surface area contributed by atoms with Crippen LogP contribution in [0.1, 0.15) is 37.7 Å². The SMILES string of the molecule is O=C(O)CCCCCC[SH]1N/C(=C/c2ccc(Cl)cc2)OO1. The molecule has 0 aromatic heterocycles. The molecule has 2 N–H and O–H groups in total. The predicted octanol–water partition coefficient (Wildman–Crippen LogP) is 4.06. The van der Waals surface area contributed by atoms with E-state index < -0.39 is 17.3 Å². The van der Waals surface area contributed by atoms with Crippen LogP contribution in [0.2, 0.25) is 5.02 Å². The first-order chi connectivity index (χ1) is 10.6. The number of carboxylic acids is 1. The van der Waals surface area contributed by atoms with Gasteiger partial charge in [0.25, 0.3) is 0 Å². The second kappa shape index (κ2) is 8.92. The fourth-order valence-electron chi connectivity index (χ4n) is 1.99. The van der Waals surface area contributed by atoms with Crippen LogP contribution >= 0.6 is 23.0 Å². The Labute approximate surface area is 137 Å². The van der Waals surface area contributed by atoms with Crippen LogP contribution in [-0.4, -0.2) is 16.8 Å². The van der Waals surface area contributed by atoms with Gasteiger partial charge in [0.2, 0.25) is 5.88 Å². The predicted molar refractivity (Wildman–Crippen MR) is 89.3 cm³/mol. The van der Waals surface area contributed by atoms with E-state index in [0.29, 0.717) is 10.9 Å². The Morgan fingerprint density at radius 1 is 1.23 bits per heavy atom. The van der Waals surface area contributed by atoms with Crippen LogP contribution in [-0.2, 0) is 14.0 Å². The maximum atomic E-state index is 10.4. The maximum absolute atomic E-state index is 10.4. The van der Waals surface area contributed by atoms with Crippen molar-refractivity contribution < 1.29 is 19.1 Å². The maximum Gasteiger partial charge on any atom is 0.303 e. The molecule has 1 aliphatic rings. The molecule has 0 saturated carbocycles. The zero-order valence-corrected chi connectivity index (χ0v) is 13.8. The van der Waals surface area contributed by atoms with Gasteiger partial charge in [0.1, 0.15) is 0 Å². The average molecular weight is 346 g/mol. The number of halogens is 1.